The summed E-state index contributed by atoms with van der Waals surface area (Å²) >= 11 is 2.33. The summed E-state index contributed by atoms with van der Waals surface area (Å²) in [5.41, 5.74) is 13.4. The van der Waals surface area contributed by atoms with Crippen LogP contribution < -0.4 is 19.8 Å². The maximum atomic E-state index is 12.1. The molecule has 6 N–H and O–H groups in total. The number of fused-ring (bicyclic) bond motifs is 5. The lowest BCUT2D eigenvalue weighted by atomic mass is 9.91. The van der Waals surface area contributed by atoms with Crippen molar-refractivity contribution in [1.29, 1.82) is 10.8 Å². The minimum atomic E-state index is -4.22. The fourth-order valence-corrected chi connectivity index (χ4v) is 5.64. The van der Waals surface area contributed by atoms with Crippen LogP contribution in [-0.2, 0) is 21.9 Å². The topological polar surface area (TPSA) is 152 Å². The van der Waals surface area contributed by atoms with E-state index in [9.17, 15) is 8.42 Å². The van der Waals surface area contributed by atoms with E-state index in [2.05, 4.69) is 0 Å². The molecule has 0 atom stereocenters. The van der Waals surface area contributed by atoms with Gasteiger partial charge in [0.25, 0.3) is 0 Å². The minimum absolute atomic E-state index is 0.0156. The largest absolute Gasteiger partial charge is 0.501 e. The van der Waals surface area contributed by atoms with E-state index in [4.69, 9.17) is 30.7 Å². The molecule has 0 aliphatic carbocycles. The van der Waals surface area contributed by atoms with E-state index in [-0.39, 0.29) is 21.8 Å². The molecule has 0 spiro atoms. The van der Waals surface area contributed by atoms with E-state index in [1.807, 2.05) is 24.3 Å². The highest BCUT2D eigenvalue weighted by molar-refractivity contribution is 8.13. The molecule has 1 aliphatic heterocycles. The zero-order chi connectivity index (χ0) is 21.6. The first kappa shape index (κ1) is 20.6. The van der Waals surface area contributed by atoms with Crippen molar-refractivity contribution in [2.45, 2.75) is 18.4 Å². The van der Waals surface area contributed by atoms with Crippen LogP contribution in [0.2, 0.25) is 0 Å². The lowest BCUT2D eigenvalue weighted by Gasteiger charge is -2.24. The molecule has 3 aromatic carbocycles. The molecule has 0 aromatic heterocycles. The molecule has 0 amide bonds. The molecule has 3 aromatic rings. The van der Waals surface area contributed by atoms with Gasteiger partial charge in [-0.25, -0.2) is 0 Å². The minimum Gasteiger partial charge on any atom is -0.379 e. The van der Waals surface area contributed by atoms with Gasteiger partial charge in [-0.1, -0.05) is 47.8 Å². The van der Waals surface area contributed by atoms with Crippen LogP contribution in [-0.4, -0.2) is 18.8 Å². The van der Waals surface area contributed by atoms with Gasteiger partial charge in [0.2, 0.25) is 0 Å². The number of benzene rings is 3. The zero-order valence-corrected chi connectivity index (χ0v) is 18.3. The quantitative estimate of drug-likeness (QED) is 0.261. The second kappa shape index (κ2) is 7.56. The van der Waals surface area contributed by atoms with Crippen molar-refractivity contribution in [3.05, 3.63) is 47.0 Å². The average molecular weight is 463 g/mol. The Hall–Kier alpha value is -2.63. The number of nitrogens with two attached hydrogens (primary N) is 2. The Balaban J connectivity index is 2.14. The number of thioether (sulfide) groups is 2. The van der Waals surface area contributed by atoms with E-state index >= 15 is 0 Å². The molecule has 1 aliphatic rings. The number of hydrogen-bond acceptors (Lipinski definition) is 8. The molecule has 0 saturated heterocycles. The van der Waals surface area contributed by atoms with Gasteiger partial charge in [-0.2, -0.15) is 0 Å². The SMILES string of the molecule is Cc1c2cc3c(CSC(=N)N)c4ccccc4c(CSC(=N)N)c3c1OS(=O)(=O)O2. The maximum absolute atomic E-state index is 12.1. The molecule has 2 bridgehead atoms. The molecule has 1 heterocycles. The van der Waals surface area contributed by atoms with Gasteiger partial charge >= 0.3 is 10.4 Å². The Bertz CT molecular complexity index is 1340. The molecule has 0 radical (unpaired) electrons. The molecule has 11 heteroatoms. The van der Waals surface area contributed by atoms with Crippen LogP contribution in [0.3, 0.4) is 0 Å². The van der Waals surface area contributed by atoms with Crippen LogP contribution in [0.25, 0.3) is 21.5 Å². The van der Waals surface area contributed by atoms with E-state index in [1.165, 1.54) is 11.8 Å². The highest BCUT2D eigenvalue weighted by Crippen LogP contribution is 2.47. The third kappa shape index (κ3) is 3.64. The monoisotopic (exact) mass is 462 g/mol. The molecule has 0 unspecified atom stereocenters. The van der Waals surface area contributed by atoms with Crippen LogP contribution >= 0.6 is 23.5 Å². The van der Waals surface area contributed by atoms with E-state index < -0.39 is 10.4 Å². The summed E-state index contributed by atoms with van der Waals surface area (Å²) in [4.78, 5) is 0. The van der Waals surface area contributed by atoms with Crippen LogP contribution in [0.1, 0.15) is 16.7 Å². The van der Waals surface area contributed by atoms with Crippen molar-refractivity contribution in [2.24, 2.45) is 11.5 Å². The van der Waals surface area contributed by atoms with Crippen molar-refractivity contribution in [3.63, 3.8) is 0 Å². The third-order valence-corrected chi connectivity index (χ3v) is 7.05. The van der Waals surface area contributed by atoms with Gasteiger partial charge < -0.3 is 19.8 Å². The highest BCUT2D eigenvalue weighted by Gasteiger charge is 2.31. The van der Waals surface area contributed by atoms with E-state index in [1.54, 1.807) is 13.0 Å². The Morgan fingerprint density at radius 3 is 2.13 bits per heavy atom. The summed E-state index contributed by atoms with van der Waals surface area (Å²) in [6.07, 6.45) is 0. The van der Waals surface area contributed by atoms with Crippen molar-refractivity contribution >= 4 is 65.8 Å². The highest BCUT2D eigenvalue weighted by atomic mass is 32.3. The summed E-state index contributed by atoms with van der Waals surface area (Å²) in [5.74, 6) is 1.20. The predicted octanol–water partition coefficient (Wildman–Crippen LogP) is 3.57. The number of rotatable bonds is 4. The molecule has 0 saturated carbocycles. The molecule has 0 fully saturated rings. The first-order valence-corrected chi connectivity index (χ1v) is 12.1. The Morgan fingerprint density at radius 2 is 1.53 bits per heavy atom. The summed E-state index contributed by atoms with van der Waals surface area (Å²) in [5, 5.41) is 18.4. The molecule has 8 nitrogen and oxygen atoms in total. The van der Waals surface area contributed by atoms with Gasteiger partial charge in [-0.3, -0.25) is 10.8 Å². The third-order valence-electron chi connectivity index (χ3n) is 4.81. The Labute approximate surface area is 181 Å². The Kier molecular flexibility index (Phi) is 5.20. The molecule has 30 heavy (non-hydrogen) atoms. The predicted molar refractivity (Wildman–Crippen MR) is 123 cm³/mol. The van der Waals surface area contributed by atoms with Gasteiger partial charge in [0.05, 0.1) is 0 Å². The number of nitrogens with one attached hydrogen (secondary N) is 2. The van der Waals surface area contributed by atoms with E-state index in [0.717, 1.165) is 39.0 Å². The first-order valence-electron chi connectivity index (χ1n) is 8.75. The lowest BCUT2D eigenvalue weighted by Crippen LogP contribution is -2.22. The van der Waals surface area contributed by atoms with Gasteiger partial charge in [0, 0.05) is 22.5 Å². The fourth-order valence-electron chi connectivity index (χ4n) is 3.59. The summed E-state index contributed by atoms with van der Waals surface area (Å²) in [6, 6.07) is 9.41. The second-order valence-electron chi connectivity index (χ2n) is 6.63. The lowest BCUT2D eigenvalue weighted by molar-refractivity contribution is 0.377. The summed E-state index contributed by atoms with van der Waals surface area (Å²) in [6.45, 7) is 1.74. The molecular formula is C19H18N4O4S3. The van der Waals surface area contributed by atoms with Crippen LogP contribution in [0.15, 0.2) is 30.3 Å². The smallest absolute Gasteiger partial charge is 0.379 e. The maximum Gasteiger partial charge on any atom is 0.501 e. The van der Waals surface area contributed by atoms with Crippen molar-refractivity contribution in [3.8, 4) is 11.5 Å². The Morgan fingerprint density at radius 1 is 0.967 bits per heavy atom. The van der Waals surface area contributed by atoms with Crippen LogP contribution in [0.4, 0.5) is 0 Å². The summed E-state index contributed by atoms with van der Waals surface area (Å²) in [7, 11) is -4.22. The molecular weight excluding hydrogens is 444 g/mol. The van der Waals surface area contributed by atoms with Gasteiger partial charge in [0.1, 0.15) is 0 Å². The number of amidine groups is 2. The van der Waals surface area contributed by atoms with Crippen LogP contribution in [0.5, 0.6) is 11.5 Å². The zero-order valence-electron chi connectivity index (χ0n) is 15.8. The average Bonchev–Trinajstić information content (AvgIpc) is 2.66. The van der Waals surface area contributed by atoms with Gasteiger partial charge in [-0.15, -0.1) is 8.42 Å². The normalized spacial score (nSPS) is 14.3. The van der Waals surface area contributed by atoms with Crippen LogP contribution in [0, 0.1) is 17.7 Å². The summed E-state index contributed by atoms with van der Waals surface area (Å²) < 4.78 is 34.6. The van der Waals surface area contributed by atoms with Crippen molar-refractivity contribution in [1.82, 2.24) is 0 Å². The first-order chi connectivity index (χ1) is 14.2. The number of hydrogen-bond donors (Lipinski definition) is 4. The van der Waals surface area contributed by atoms with Crippen molar-refractivity contribution < 1.29 is 16.8 Å². The molecule has 4 rings (SSSR count). The van der Waals surface area contributed by atoms with Gasteiger partial charge in [-0.05, 0) is 40.3 Å². The second-order valence-corrected chi connectivity index (χ2v) is 9.82. The molecule has 156 valence electrons. The van der Waals surface area contributed by atoms with Crippen molar-refractivity contribution in [2.75, 3.05) is 0 Å². The van der Waals surface area contributed by atoms with E-state index in [0.29, 0.717) is 22.5 Å². The fraction of sp³-hybridized carbons (Fsp3) is 0.158. The standard InChI is InChI=1S/C19H18N4O4S3/c1-9-15-6-12-13(7-28-18(20)21)10-4-2-3-5-11(10)14(8-29-19(22)23)16(12)17(9)27-30(24,25)26-15/h2-6H,7-8H2,1H3,(H3,20,21)(H3,22,23). The van der Waals surface area contributed by atoms with Gasteiger partial charge in [0.15, 0.2) is 21.8 Å².